The van der Waals surface area contributed by atoms with E-state index in [0.717, 1.165) is 25.3 Å². The number of alkyl halides is 2. The molecule has 1 fully saturated rings. The van der Waals surface area contributed by atoms with E-state index in [1.54, 1.807) is 24.3 Å². The first kappa shape index (κ1) is 19.1. The fourth-order valence-corrected chi connectivity index (χ4v) is 3.87. The number of hydrogen-bond acceptors (Lipinski definition) is 3. The molecule has 26 heavy (non-hydrogen) atoms. The van der Waals surface area contributed by atoms with Crippen molar-refractivity contribution in [3.8, 4) is 0 Å². The van der Waals surface area contributed by atoms with E-state index in [9.17, 15) is 8.78 Å². The number of nitrogens with zero attached hydrogens (tertiary/aromatic N) is 2. The smallest absolute Gasteiger partial charge is 0.288 e. The van der Waals surface area contributed by atoms with Gasteiger partial charge in [0.2, 0.25) is 0 Å². The Morgan fingerprint density at radius 3 is 2.46 bits per heavy atom. The minimum Gasteiger partial charge on any atom is -0.339 e. The molecule has 1 atom stereocenters. The van der Waals surface area contributed by atoms with E-state index in [-0.39, 0.29) is 6.04 Å². The van der Waals surface area contributed by atoms with E-state index >= 15 is 0 Å². The summed E-state index contributed by atoms with van der Waals surface area (Å²) in [5, 5.41) is 3.90. The second-order valence-electron chi connectivity index (χ2n) is 6.22. The van der Waals surface area contributed by atoms with E-state index in [1.165, 1.54) is 5.56 Å². The lowest BCUT2D eigenvalue weighted by molar-refractivity contribution is 0.153. The number of benzene rings is 2. The molecule has 138 valence electrons. The van der Waals surface area contributed by atoms with Gasteiger partial charge in [-0.1, -0.05) is 42.1 Å². The summed E-state index contributed by atoms with van der Waals surface area (Å²) < 4.78 is 24.9. The predicted molar refractivity (Wildman–Crippen MR) is 108 cm³/mol. The van der Waals surface area contributed by atoms with Crippen molar-refractivity contribution in [1.82, 2.24) is 9.80 Å². The van der Waals surface area contributed by atoms with Crippen molar-refractivity contribution in [2.45, 2.75) is 16.7 Å². The molecule has 0 unspecified atom stereocenters. The summed E-state index contributed by atoms with van der Waals surface area (Å²) in [5.41, 5.74) is 2.03. The normalized spacial score (nSPS) is 18.2. The first-order chi connectivity index (χ1) is 12.5. The van der Waals surface area contributed by atoms with Gasteiger partial charge in [0.25, 0.3) is 5.76 Å². The molecule has 7 heteroatoms. The minimum absolute atomic E-state index is 0.184. The SMILES string of the molecule is CN1CCN(C(=S)Nc2ccc(SC(F)F)cc2)[C@H](c2ccccc2)C1. The van der Waals surface area contributed by atoms with Crippen LogP contribution < -0.4 is 5.32 Å². The molecule has 0 aliphatic carbocycles. The molecule has 0 amide bonds. The van der Waals surface area contributed by atoms with Gasteiger partial charge in [0.15, 0.2) is 5.11 Å². The van der Waals surface area contributed by atoms with Gasteiger partial charge in [-0.15, -0.1) is 0 Å². The minimum atomic E-state index is -2.41. The monoisotopic (exact) mass is 393 g/mol. The lowest BCUT2D eigenvalue weighted by Crippen LogP contribution is -2.50. The van der Waals surface area contributed by atoms with Crippen LogP contribution in [0, 0.1) is 0 Å². The van der Waals surface area contributed by atoms with Gasteiger partial charge in [0.05, 0.1) is 6.04 Å². The van der Waals surface area contributed by atoms with Crippen LogP contribution in [-0.4, -0.2) is 47.4 Å². The van der Waals surface area contributed by atoms with Crippen molar-refractivity contribution in [1.29, 1.82) is 0 Å². The highest BCUT2D eigenvalue weighted by molar-refractivity contribution is 7.99. The Labute approximate surface area is 162 Å². The van der Waals surface area contributed by atoms with Crippen LogP contribution in [0.15, 0.2) is 59.5 Å². The standard InChI is InChI=1S/C19H21F2N3S2/c1-23-11-12-24(17(13-23)14-5-3-2-4-6-14)19(25)22-15-7-9-16(10-8-15)26-18(20)21/h2-10,17-18H,11-13H2,1H3,(H,22,25)/t17-/m0/s1. The van der Waals surface area contributed by atoms with E-state index in [4.69, 9.17) is 12.2 Å². The second-order valence-corrected chi connectivity index (χ2v) is 7.67. The van der Waals surface area contributed by atoms with Crippen molar-refractivity contribution in [2.75, 3.05) is 32.0 Å². The van der Waals surface area contributed by atoms with E-state index < -0.39 is 5.76 Å². The maximum absolute atomic E-state index is 12.4. The van der Waals surface area contributed by atoms with Gasteiger partial charge in [-0.05, 0) is 49.1 Å². The molecule has 0 radical (unpaired) electrons. The number of hydrogen-bond donors (Lipinski definition) is 1. The second kappa shape index (κ2) is 8.79. The highest BCUT2D eigenvalue weighted by Crippen LogP contribution is 2.28. The Bertz CT molecular complexity index is 725. The van der Waals surface area contributed by atoms with E-state index in [1.807, 2.05) is 18.2 Å². The largest absolute Gasteiger partial charge is 0.339 e. The van der Waals surface area contributed by atoms with Crippen LogP contribution >= 0.6 is 24.0 Å². The number of rotatable bonds is 4. The topological polar surface area (TPSA) is 18.5 Å². The van der Waals surface area contributed by atoms with Crippen LogP contribution in [0.3, 0.4) is 0 Å². The molecular weight excluding hydrogens is 372 g/mol. The quantitative estimate of drug-likeness (QED) is 0.598. The lowest BCUT2D eigenvalue weighted by Gasteiger charge is -2.41. The Kier molecular flexibility index (Phi) is 6.45. The molecule has 1 aliphatic rings. The third kappa shape index (κ3) is 4.93. The van der Waals surface area contributed by atoms with Gasteiger partial charge >= 0.3 is 0 Å². The molecule has 0 bridgehead atoms. The summed E-state index contributed by atoms with van der Waals surface area (Å²) in [5.74, 6) is -2.41. The molecule has 1 N–H and O–H groups in total. The summed E-state index contributed by atoms with van der Waals surface area (Å²) in [6, 6.07) is 17.4. The van der Waals surface area contributed by atoms with E-state index in [2.05, 4.69) is 34.3 Å². The lowest BCUT2D eigenvalue weighted by atomic mass is 10.0. The van der Waals surface area contributed by atoms with E-state index in [0.29, 0.717) is 21.8 Å². The summed E-state index contributed by atoms with van der Waals surface area (Å²) in [6.07, 6.45) is 0. The molecule has 2 aromatic carbocycles. The molecule has 3 rings (SSSR count). The highest BCUT2D eigenvalue weighted by Gasteiger charge is 2.28. The Morgan fingerprint density at radius 1 is 1.12 bits per heavy atom. The summed E-state index contributed by atoms with van der Waals surface area (Å²) in [7, 11) is 2.11. The highest BCUT2D eigenvalue weighted by atomic mass is 32.2. The number of anilines is 1. The number of halogens is 2. The molecule has 1 saturated heterocycles. The van der Waals surface area contributed by atoms with Crippen LogP contribution in [-0.2, 0) is 0 Å². The maximum Gasteiger partial charge on any atom is 0.288 e. The third-order valence-corrected chi connectivity index (χ3v) is 5.42. The van der Waals surface area contributed by atoms with Crippen LogP contribution in [0.2, 0.25) is 0 Å². The fraction of sp³-hybridized carbons (Fsp3) is 0.316. The molecule has 0 saturated carbocycles. The molecule has 1 heterocycles. The Hall–Kier alpha value is -1.70. The van der Waals surface area contributed by atoms with Crippen molar-refractivity contribution >= 4 is 34.8 Å². The number of likely N-dealkylation sites (N-methyl/N-ethyl adjacent to an activating group) is 1. The Morgan fingerprint density at radius 2 is 1.81 bits per heavy atom. The number of thioether (sulfide) groups is 1. The Balaban J connectivity index is 1.71. The van der Waals surface area contributed by atoms with Crippen LogP contribution in [0.5, 0.6) is 0 Å². The van der Waals surface area contributed by atoms with Crippen LogP contribution in [0.1, 0.15) is 11.6 Å². The zero-order valence-corrected chi connectivity index (χ0v) is 16.1. The first-order valence-electron chi connectivity index (χ1n) is 8.39. The molecule has 2 aromatic rings. The van der Waals surface area contributed by atoms with Crippen molar-refractivity contribution < 1.29 is 8.78 Å². The van der Waals surface area contributed by atoms with Gasteiger partial charge in [0.1, 0.15) is 0 Å². The van der Waals surface area contributed by atoms with Gasteiger partial charge in [-0.25, -0.2) is 0 Å². The van der Waals surface area contributed by atoms with Gasteiger partial charge < -0.3 is 15.1 Å². The number of thiocarbonyl (C=S) groups is 1. The molecule has 0 spiro atoms. The summed E-state index contributed by atoms with van der Waals surface area (Å²) in [6.45, 7) is 2.67. The van der Waals surface area contributed by atoms with Gasteiger partial charge in [-0.2, -0.15) is 8.78 Å². The first-order valence-corrected chi connectivity index (χ1v) is 9.67. The van der Waals surface area contributed by atoms with Crippen LogP contribution in [0.4, 0.5) is 14.5 Å². The molecule has 0 aromatic heterocycles. The van der Waals surface area contributed by atoms with Crippen LogP contribution in [0.25, 0.3) is 0 Å². The molecular formula is C19H21F2N3S2. The predicted octanol–water partition coefficient (Wildman–Crippen LogP) is 4.69. The van der Waals surface area contributed by atoms with Crippen molar-refractivity contribution in [3.05, 3.63) is 60.2 Å². The van der Waals surface area contributed by atoms with Crippen molar-refractivity contribution in [2.24, 2.45) is 0 Å². The number of nitrogens with one attached hydrogen (secondary N) is 1. The molecule has 1 aliphatic heterocycles. The van der Waals surface area contributed by atoms with Gasteiger partial charge in [0, 0.05) is 30.2 Å². The number of piperazine rings is 1. The average molecular weight is 394 g/mol. The zero-order chi connectivity index (χ0) is 18.5. The molecule has 3 nitrogen and oxygen atoms in total. The third-order valence-electron chi connectivity index (χ3n) is 4.36. The summed E-state index contributed by atoms with van der Waals surface area (Å²) >= 11 is 6.19. The maximum atomic E-state index is 12.4. The fourth-order valence-electron chi connectivity index (χ4n) is 3.04. The zero-order valence-electron chi connectivity index (χ0n) is 14.4. The summed E-state index contributed by atoms with van der Waals surface area (Å²) in [4.78, 5) is 5.04. The van der Waals surface area contributed by atoms with Crippen molar-refractivity contribution in [3.63, 3.8) is 0 Å². The average Bonchev–Trinajstić information content (AvgIpc) is 2.63. The van der Waals surface area contributed by atoms with Gasteiger partial charge in [-0.3, -0.25) is 0 Å².